The van der Waals surface area contributed by atoms with Crippen LogP contribution in [0.1, 0.15) is 5.56 Å². The minimum atomic E-state index is 0. The number of ether oxygens (including phenoxy) is 1. The molecular weight excluding hydrogens is 354 g/mol. The van der Waals surface area contributed by atoms with E-state index in [0.717, 1.165) is 50.4 Å². The van der Waals surface area contributed by atoms with Crippen molar-refractivity contribution in [3.05, 3.63) is 28.2 Å². The van der Waals surface area contributed by atoms with E-state index in [0.29, 0.717) is 0 Å². The molecule has 0 amide bonds. The third-order valence-electron chi connectivity index (χ3n) is 3.58. The van der Waals surface area contributed by atoms with Crippen LogP contribution < -0.4 is 10.2 Å². The molecule has 0 aliphatic carbocycles. The lowest BCUT2D eigenvalue weighted by atomic mass is 10.1. The minimum Gasteiger partial charge on any atom is -0.378 e. The average Bonchev–Trinajstić information content (AvgIpc) is 2.48. The molecule has 0 saturated carbocycles. The van der Waals surface area contributed by atoms with Crippen LogP contribution in [0.2, 0.25) is 0 Å². The molecule has 1 aliphatic heterocycles. The Labute approximate surface area is 142 Å². The van der Waals surface area contributed by atoms with Crippen LogP contribution in [0.4, 0.5) is 5.69 Å². The van der Waals surface area contributed by atoms with Crippen molar-refractivity contribution < 1.29 is 4.74 Å². The molecule has 0 unspecified atom stereocenters. The highest BCUT2D eigenvalue weighted by Crippen LogP contribution is 2.27. The predicted octanol–water partition coefficient (Wildman–Crippen LogP) is 2.36. The molecule has 0 radical (unpaired) electrons. The molecule has 4 nitrogen and oxygen atoms in total. The highest BCUT2D eigenvalue weighted by atomic mass is 79.9. The monoisotopic (exact) mass is 377 g/mol. The van der Waals surface area contributed by atoms with Crippen LogP contribution in [0.3, 0.4) is 0 Å². The first-order valence-corrected chi connectivity index (χ1v) is 7.94. The Hall–Kier alpha value is -0.330. The van der Waals surface area contributed by atoms with Gasteiger partial charge in [-0.05, 0) is 31.8 Å². The number of hydrogen-bond donors (Lipinski definition) is 1. The van der Waals surface area contributed by atoms with Gasteiger partial charge in [-0.3, -0.25) is 0 Å². The molecule has 6 heteroatoms. The van der Waals surface area contributed by atoms with Gasteiger partial charge in [0, 0.05) is 42.9 Å². The van der Waals surface area contributed by atoms with E-state index in [-0.39, 0.29) is 12.4 Å². The van der Waals surface area contributed by atoms with Crippen molar-refractivity contribution >= 4 is 34.0 Å². The maximum atomic E-state index is 5.45. The Morgan fingerprint density at radius 1 is 1.33 bits per heavy atom. The summed E-state index contributed by atoms with van der Waals surface area (Å²) < 4.78 is 6.59. The summed E-state index contributed by atoms with van der Waals surface area (Å²) in [7, 11) is 4.16. The van der Waals surface area contributed by atoms with E-state index in [1.54, 1.807) is 0 Å². The van der Waals surface area contributed by atoms with Crippen molar-refractivity contribution in [1.82, 2.24) is 10.2 Å². The molecule has 1 aromatic carbocycles. The second-order valence-electron chi connectivity index (χ2n) is 5.21. The average molecular weight is 379 g/mol. The largest absolute Gasteiger partial charge is 0.378 e. The number of likely N-dealkylation sites (N-methyl/N-ethyl adjacent to an activating group) is 2. The van der Waals surface area contributed by atoms with Gasteiger partial charge in [-0.1, -0.05) is 22.0 Å². The Balaban J connectivity index is 0.00000220. The summed E-state index contributed by atoms with van der Waals surface area (Å²) in [5.41, 5.74) is 2.72. The van der Waals surface area contributed by atoms with Crippen LogP contribution in [0.5, 0.6) is 0 Å². The van der Waals surface area contributed by atoms with Crippen LogP contribution in [0.25, 0.3) is 0 Å². The fourth-order valence-electron chi connectivity index (χ4n) is 2.44. The Kier molecular flexibility index (Phi) is 8.59. The molecule has 1 fully saturated rings. The van der Waals surface area contributed by atoms with E-state index in [9.17, 15) is 0 Å². The molecule has 1 aromatic rings. The molecule has 1 aliphatic rings. The van der Waals surface area contributed by atoms with Gasteiger partial charge in [0.15, 0.2) is 0 Å². The maximum absolute atomic E-state index is 5.45. The van der Waals surface area contributed by atoms with E-state index in [2.05, 4.69) is 56.3 Å². The maximum Gasteiger partial charge on any atom is 0.0642 e. The zero-order valence-electron chi connectivity index (χ0n) is 12.8. The lowest BCUT2D eigenvalue weighted by Gasteiger charge is -2.31. The molecule has 2 rings (SSSR count). The van der Waals surface area contributed by atoms with Crippen LogP contribution >= 0.6 is 28.3 Å². The number of nitrogens with one attached hydrogen (secondary N) is 1. The number of benzene rings is 1. The number of halogens is 2. The zero-order valence-corrected chi connectivity index (χ0v) is 15.2. The predicted molar refractivity (Wildman–Crippen MR) is 94.7 cm³/mol. The fourth-order valence-corrected chi connectivity index (χ4v) is 2.79. The van der Waals surface area contributed by atoms with Crippen molar-refractivity contribution in [2.24, 2.45) is 0 Å². The first-order valence-electron chi connectivity index (χ1n) is 7.15. The van der Waals surface area contributed by atoms with Crippen molar-refractivity contribution in [2.75, 3.05) is 58.4 Å². The Morgan fingerprint density at radius 3 is 2.71 bits per heavy atom. The smallest absolute Gasteiger partial charge is 0.0642 e. The molecule has 21 heavy (non-hydrogen) atoms. The van der Waals surface area contributed by atoms with Crippen molar-refractivity contribution in [3.63, 3.8) is 0 Å². The van der Waals surface area contributed by atoms with E-state index in [1.165, 1.54) is 11.3 Å². The second-order valence-corrected chi connectivity index (χ2v) is 6.13. The van der Waals surface area contributed by atoms with Gasteiger partial charge in [-0.25, -0.2) is 0 Å². The molecule has 1 N–H and O–H groups in total. The van der Waals surface area contributed by atoms with Gasteiger partial charge in [0.2, 0.25) is 0 Å². The van der Waals surface area contributed by atoms with Gasteiger partial charge in [0.1, 0.15) is 0 Å². The number of hydrogen-bond acceptors (Lipinski definition) is 4. The molecular formula is C15H25BrClN3O. The quantitative estimate of drug-likeness (QED) is 0.822. The highest BCUT2D eigenvalue weighted by molar-refractivity contribution is 9.10. The third kappa shape index (κ3) is 5.75. The van der Waals surface area contributed by atoms with Crippen molar-refractivity contribution in [2.45, 2.75) is 6.54 Å². The third-order valence-corrected chi connectivity index (χ3v) is 4.08. The van der Waals surface area contributed by atoms with Crippen molar-refractivity contribution in [1.29, 1.82) is 0 Å². The summed E-state index contributed by atoms with van der Waals surface area (Å²) in [6.07, 6.45) is 0. The molecule has 1 saturated heterocycles. The normalized spacial score (nSPS) is 15.1. The van der Waals surface area contributed by atoms with Crippen LogP contribution in [0.15, 0.2) is 22.7 Å². The van der Waals surface area contributed by atoms with Crippen LogP contribution in [0, 0.1) is 0 Å². The first-order chi connectivity index (χ1) is 9.70. The molecule has 0 atom stereocenters. The van der Waals surface area contributed by atoms with E-state index in [4.69, 9.17) is 4.74 Å². The lowest BCUT2D eigenvalue weighted by Crippen LogP contribution is -2.37. The van der Waals surface area contributed by atoms with Crippen LogP contribution in [-0.4, -0.2) is 58.4 Å². The Bertz CT molecular complexity index is 427. The van der Waals surface area contributed by atoms with Crippen LogP contribution in [-0.2, 0) is 11.3 Å². The minimum absolute atomic E-state index is 0. The van der Waals surface area contributed by atoms with E-state index in [1.807, 2.05) is 7.05 Å². The molecule has 120 valence electrons. The summed E-state index contributed by atoms with van der Waals surface area (Å²) in [5.74, 6) is 0. The molecule has 0 spiro atoms. The summed E-state index contributed by atoms with van der Waals surface area (Å²) in [5, 5.41) is 3.20. The number of morpholine rings is 1. The number of nitrogens with zero attached hydrogens (tertiary/aromatic N) is 2. The van der Waals surface area contributed by atoms with Gasteiger partial charge in [-0.2, -0.15) is 0 Å². The van der Waals surface area contributed by atoms with Gasteiger partial charge < -0.3 is 19.9 Å². The second kappa shape index (κ2) is 9.64. The molecule has 0 bridgehead atoms. The van der Waals surface area contributed by atoms with Gasteiger partial charge >= 0.3 is 0 Å². The molecule has 1 heterocycles. The SMILES string of the molecule is CNCCN(C)Cc1ccc(Br)cc1N1CCOCC1.Cl. The van der Waals surface area contributed by atoms with E-state index < -0.39 is 0 Å². The molecule has 0 aromatic heterocycles. The number of anilines is 1. The van der Waals surface area contributed by atoms with Crippen molar-refractivity contribution in [3.8, 4) is 0 Å². The lowest BCUT2D eigenvalue weighted by molar-refractivity contribution is 0.122. The summed E-state index contributed by atoms with van der Waals surface area (Å²) in [4.78, 5) is 4.78. The van der Waals surface area contributed by atoms with Gasteiger partial charge in [0.05, 0.1) is 13.2 Å². The standard InChI is InChI=1S/C15H24BrN3O.ClH/c1-17-5-6-18(2)12-13-3-4-14(16)11-15(13)19-7-9-20-10-8-19;/h3-4,11,17H,5-10,12H2,1-2H3;1H. The topological polar surface area (TPSA) is 27.7 Å². The summed E-state index contributed by atoms with van der Waals surface area (Å²) in [6, 6.07) is 6.59. The fraction of sp³-hybridized carbons (Fsp3) is 0.600. The Morgan fingerprint density at radius 2 is 2.05 bits per heavy atom. The summed E-state index contributed by atoms with van der Waals surface area (Å²) in [6.45, 7) is 6.63. The van der Waals surface area contributed by atoms with Gasteiger partial charge in [-0.15, -0.1) is 12.4 Å². The first kappa shape index (κ1) is 18.7. The highest BCUT2D eigenvalue weighted by Gasteiger charge is 2.16. The zero-order chi connectivity index (χ0) is 14.4. The van der Waals surface area contributed by atoms with E-state index >= 15 is 0 Å². The number of rotatable bonds is 6. The van der Waals surface area contributed by atoms with Gasteiger partial charge in [0.25, 0.3) is 0 Å². The summed E-state index contributed by atoms with van der Waals surface area (Å²) >= 11 is 3.59.